The van der Waals surface area contributed by atoms with Crippen molar-refractivity contribution in [1.29, 1.82) is 0 Å². The molecule has 5 heteroatoms. The predicted molar refractivity (Wildman–Crippen MR) is 75.3 cm³/mol. The third-order valence-corrected chi connectivity index (χ3v) is 3.23. The number of fused-ring (bicyclic) bond motifs is 1. The number of carboxylic acids is 1. The first kappa shape index (κ1) is 12.3. The third-order valence-electron chi connectivity index (χ3n) is 3.23. The van der Waals surface area contributed by atoms with Crippen LogP contribution >= 0.6 is 0 Å². The highest BCUT2D eigenvalue weighted by atomic mass is 16.4. The lowest BCUT2D eigenvalue weighted by molar-refractivity contribution is 0.0698. The topological polar surface area (TPSA) is 68.0 Å². The van der Waals surface area contributed by atoms with E-state index in [1.807, 2.05) is 37.3 Å². The standard InChI is InChI=1S/C15H13N3O2/c1-9-8-12(15(19)20)13-10(2)18(17-14(13)16-9)11-6-4-3-5-7-11/h3-8H,1-2H3,(H,19,20). The smallest absolute Gasteiger partial charge is 0.336 e. The van der Waals surface area contributed by atoms with E-state index >= 15 is 0 Å². The molecule has 100 valence electrons. The van der Waals surface area contributed by atoms with Gasteiger partial charge in [-0.05, 0) is 32.0 Å². The summed E-state index contributed by atoms with van der Waals surface area (Å²) in [5.74, 6) is -0.962. The molecule has 1 N–H and O–H groups in total. The van der Waals surface area contributed by atoms with E-state index in [0.717, 1.165) is 11.4 Å². The summed E-state index contributed by atoms with van der Waals surface area (Å²) in [4.78, 5) is 15.7. The second-order valence-electron chi connectivity index (χ2n) is 4.65. The molecule has 2 heterocycles. The number of carboxylic acid groups (broad SMARTS) is 1. The van der Waals surface area contributed by atoms with Crippen LogP contribution in [0.3, 0.4) is 0 Å². The SMILES string of the molecule is Cc1cc(C(=O)O)c2c(C)n(-c3ccccc3)nc2n1. The lowest BCUT2D eigenvalue weighted by Gasteiger charge is -2.03. The minimum absolute atomic E-state index is 0.243. The Bertz CT molecular complexity index is 807. The van der Waals surface area contributed by atoms with Crippen LogP contribution in [-0.4, -0.2) is 25.8 Å². The van der Waals surface area contributed by atoms with Crippen LogP contribution in [0, 0.1) is 13.8 Å². The molecular weight excluding hydrogens is 254 g/mol. The normalized spacial score (nSPS) is 10.9. The average molecular weight is 267 g/mol. The molecule has 0 spiro atoms. The third kappa shape index (κ3) is 1.84. The number of pyridine rings is 1. The Labute approximate surface area is 115 Å². The first-order valence-electron chi connectivity index (χ1n) is 6.23. The molecule has 0 bridgehead atoms. The van der Waals surface area contributed by atoms with Crippen LogP contribution < -0.4 is 0 Å². The van der Waals surface area contributed by atoms with Gasteiger partial charge in [0.25, 0.3) is 0 Å². The van der Waals surface area contributed by atoms with Gasteiger partial charge in [-0.15, -0.1) is 5.10 Å². The summed E-state index contributed by atoms with van der Waals surface area (Å²) in [7, 11) is 0. The maximum Gasteiger partial charge on any atom is 0.336 e. The first-order valence-corrected chi connectivity index (χ1v) is 6.23. The van der Waals surface area contributed by atoms with Crippen molar-refractivity contribution in [3.05, 3.63) is 53.3 Å². The number of benzene rings is 1. The molecule has 0 fully saturated rings. The molecule has 0 saturated carbocycles. The van der Waals surface area contributed by atoms with E-state index in [1.165, 1.54) is 0 Å². The molecule has 2 aromatic heterocycles. The number of hydrogen-bond donors (Lipinski definition) is 1. The fourth-order valence-electron chi connectivity index (χ4n) is 2.35. The van der Waals surface area contributed by atoms with Gasteiger partial charge in [0.2, 0.25) is 0 Å². The Morgan fingerprint density at radius 3 is 2.55 bits per heavy atom. The molecule has 5 nitrogen and oxygen atoms in total. The molecule has 1 aromatic carbocycles. The zero-order valence-electron chi connectivity index (χ0n) is 11.2. The first-order chi connectivity index (χ1) is 9.58. The van der Waals surface area contributed by atoms with Gasteiger partial charge in [0.1, 0.15) is 0 Å². The Morgan fingerprint density at radius 1 is 1.20 bits per heavy atom. The fraction of sp³-hybridized carbons (Fsp3) is 0.133. The van der Waals surface area contributed by atoms with Gasteiger partial charge in [0, 0.05) is 5.69 Å². The summed E-state index contributed by atoms with van der Waals surface area (Å²) in [6.07, 6.45) is 0. The molecule has 0 atom stereocenters. The Hall–Kier alpha value is -2.69. The van der Waals surface area contributed by atoms with Crippen molar-refractivity contribution < 1.29 is 9.90 Å². The lowest BCUT2D eigenvalue weighted by atomic mass is 10.1. The van der Waals surface area contributed by atoms with Gasteiger partial charge in [0.15, 0.2) is 5.65 Å². The van der Waals surface area contributed by atoms with Gasteiger partial charge in [-0.2, -0.15) is 0 Å². The quantitative estimate of drug-likeness (QED) is 0.775. The van der Waals surface area contributed by atoms with Gasteiger partial charge in [-0.3, -0.25) is 0 Å². The van der Waals surface area contributed by atoms with Crippen LogP contribution in [-0.2, 0) is 0 Å². The zero-order chi connectivity index (χ0) is 14.3. The average Bonchev–Trinajstić information content (AvgIpc) is 2.76. The number of para-hydroxylation sites is 1. The number of aromatic carboxylic acids is 1. The minimum atomic E-state index is -0.962. The largest absolute Gasteiger partial charge is 0.478 e. The van der Waals surface area contributed by atoms with Gasteiger partial charge in [-0.1, -0.05) is 18.2 Å². The highest BCUT2D eigenvalue weighted by Crippen LogP contribution is 2.24. The number of rotatable bonds is 2. The number of hydrogen-bond acceptors (Lipinski definition) is 3. The highest BCUT2D eigenvalue weighted by molar-refractivity contribution is 6.02. The zero-order valence-corrected chi connectivity index (χ0v) is 11.2. The summed E-state index contributed by atoms with van der Waals surface area (Å²) >= 11 is 0. The van der Waals surface area contributed by atoms with Gasteiger partial charge < -0.3 is 5.11 Å². The summed E-state index contributed by atoms with van der Waals surface area (Å²) in [5.41, 5.74) is 3.01. The molecule has 0 amide bonds. The molecule has 20 heavy (non-hydrogen) atoms. The number of nitrogens with zero attached hydrogens (tertiary/aromatic N) is 3. The van der Waals surface area contributed by atoms with E-state index in [9.17, 15) is 9.90 Å². The van der Waals surface area contributed by atoms with Gasteiger partial charge >= 0.3 is 5.97 Å². The van der Waals surface area contributed by atoms with E-state index in [1.54, 1.807) is 17.7 Å². The number of carbonyl (C=O) groups is 1. The number of aromatic nitrogens is 3. The minimum Gasteiger partial charge on any atom is -0.478 e. The Balaban J connectivity index is 2.36. The van der Waals surface area contributed by atoms with Crippen LogP contribution in [0.2, 0.25) is 0 Å². The summed E-state index contributed by atoms with van der Waals surface area (Å²) in [6, 6.07) is 11.2. The van der Waals surface area contributed by atoms with Crippen LogP contribution in [0.25, 0.3) is 16.7 Å². The molecule has 0 aliphatic heterocycles. The monoisotopic (exact) mass is 267 g/mol. The van der Waals surface area contributed by atoms with E-state index in [4.69, 9.17) is 0 Å². The lowest BCUT2D eigenvalue weighted by Crippen LogP contribution is -2.00. The molecular formula is C15H13N3O2. The van der Waals surface area contributed by atoms with Crippen LogP contribution in [0.15, 0.2) is 36.4 Å². The molecule has 3 aromatic rings. The van der Waals surface area contributed by atoms with E-state index in [-0.39, 0.29) is 5.56 Å². The summed E-state index contributed by atoms with van der Waals surface area (Å²) < 4.78 is 1.73. The maximum absolute atomic E-state index is 11.4. The molecule has 0 radical (unpaired) electrons. The van der Waals surface area contributed by atoms with Crippen molar-refractivity contribution in [1.82, 2.24) is 14.8 Å². The molecule has 0 aliphatic rings. The Kier molecular flexibility index (Phi) is 2.75. The van der Waals surface area contributed by atoms with Crippen molar-refractivity contribution in [2.75, 3.05) is 0 Å². The van der Waals surface area contributed by atoms with Gasteiger partial charge in [-0.25, -0.2) is 14.5 Å². The summed E-state index contributed by atoms with van der Waals surface area (Å²) in [5, 5.41) is 14.4. The van der Waals surface area contributed by atoms with E-state index in [0.29, 0.717) is 16.7 Å². The second kappa shape index (κ2) is 4.45. The van der Waals surface area contributed by atoms with Crippen molar-refractivity contribution in [2.45, 2.75) is 13.8 Å². The molecule has 0 unspecified atom stereocenters. The molecule has 0 aliphatic carbocycles. The summed E-state index contributed by atoms with van der Waals surface area (Å²) in [6.45, 7) is 3.62. The van der Waals surface area contributed by atoms with Crippen LogP contribution in [0.4, 0.5) is 0 Å². The van der Waals surface area contributed by atoms with Crippen molar-refractivity contribution in [3.8, 4) is 5.69 Å². The predicted octanol–water partition coefficient (Wildman–Crippen LogP) is 2.74. The molecule has 0 saturated heterocycles. The van der Waals surface area contributed by atoms with Crippen molar-refractivity contribution in [3.63, 3.8) is 0 Å². The highest BCUT2D eigenvalue weighted by Gasteiger charge is 2.18. The maximum atomic E-state index is 11.4. The van der Waals surface area contributed by atoms with Crippen molar-refractivity contribution in [2.24, 2.45) is 0 Å². The Morgan fingerprint density at radius 2 is 1.90 bits per heavy atom. The van der Waals surface area contributed by atoms with Gasteiger partial charge in [0.05, 0.1) is 22.3 Å². The van der Waals surface area contributed by atoms with Crippen LogP contribution in [0.1, 0.15) is 21.7 Å². The van der Waals surface area contributed by atoms with Crippen molar-refractivity contribution >= 4 is 17.0 Å². The second-order valence-corrected chi connectivity index (χ2v) is 4.65. The van der Waals surface area contributed by atoms with Crippen LogP contribution in [0.5, 0.6) is 0 Å². The molecule has 3 rings (SSSR count). The number of aryl methyl sites for hydroxylation is 2. The van der Waals surface area contributed by atoms with E-state index < -0.39 is 5.97 Å². The van der Waals surface area contributed by atoms with E-state index in [2.05, 4.69) is 10.1 Å². The fourth-order valence-corrected chi connectivity index (χ4v) is 2.35.